The molecule has 23 heavy (non-hydrogen) atoms. The molecule has 0 radical (unpaired) electrons. The van der Waals surface area contributed by atoms with Gasteiger partial charge < -0.3 is 14.6 Å². The minimum Gasteiger partial charge on any atom is -0.459 e. The van der Waals surface area contributed by atoms with Gasteiger partial charge in [-0.1, -0.05) is 17.3 Å². The standard InChI is InChI=1S/C17H17FN2O3/c1-11-6-7-22-16(11)17(21)19-10-15-9-14(20-23-15)8-12-2-4-13(18)5-3-12/h2-7,15H,8-10H2,1H3,(H,19,21). The van der Waals surface area contributed by atoms with Gasteiger partial charge in [0.1, 0.15) is 11.9 Å². The first kappa shape index (κ1) is 15.3. The van der Waals surface area contributed by atoms with Crippen LogP contribution in [-0.4, -0.2) is 24.3 Å². The number of carbonyl (C=O) groups excluding carboxylic acids is 1. The van der Waals surface area contributed by atoms with Crippen molar-refractivity contribution in [3.8, 4) is 0 Å². The molecule has 0 spiro atoms. The van der Waals surface area contributed by atoms with E-state index in [9.17, 15) is 9.18 Å². The molecular formula is C17H17FN2O3. The van der Waals surface area contributed by atoms with Crippen molar-refractivity contribution in [2.45, 2.75) is 25.9 Å². The number of carbonyl (C=O) groups is 1. The number of hydrogen-bond donors (Lipinski definition) is 1. The lowest BCUT2D eigenvalue weighted by Gasteiger charge is -2.09. The van der Waals surface area contributed by atoms with Gasteiger partial charge in [0.25, 0.3) is 5.91 Å². The Morgan fingerprint density at radius 3 is 2.83 bits per heavy atom. The van der Waals surface area contributed by atoms with Crippen LogP contribution in [-0.2, 0) is 11.3 Å². The van der Waals surface area contributed by atoms with E-state index in [4.69, 9.17) is 9.25 Å². The van der Waals surface area contributed by atoms with E-state index in [0.717, 1.165) is 16.8 Å². The Morgan fingerprint density at radius 1 is 1.35 bits per heavy atom. The summed E-state index contributed by atoms with van der Waals surface area (Å²) in [5.41, 5.74) is 2.65. The lowest BCUT2D eigenvalue weighted by Crippen LogP contribution is -2.32. The SMILES string of the molecule is Cc1ccoc1C(=O)NCC1CC(Cc2ccc(F)cc2)=NO1. The van der Waals surface area contributed by atoms with Gasteiger partial charge in [-0.05, 0) is 30.7 Å². The number of oxime groups is 1. The number of nitrogens with zero attached hydrogens (tertiary/aromatic N) is 1. The molecule has 1 amide bonds. The summed E-state index contributed by atoms with van der Waals surface area (Å²) in [5.74, 6) is -0.203. The van der Waals surface area contributed by atoms with Crippen LogP contribution >= 0.6 is 0 Å². The van der Waals surface area contributed by atoms with Crippen molar-refractivity contribution in [2.75, 3.05) is 6.54 Å². The Kier molecular flexibility index (Phi) is 4.41. The second-order valence-corrected chi connectivity index (χ2v) is 5.54. The summed E-state index contributed by atoms with van der Waals surface area (Å²) in [6.45, 7) is 2.17. The van der Waals surface area contributed by atoms with Crippen LogP contribution in [0.4, 0.5) is 4.39 Å². The van der Waals surface area contributed by atoms with E-state index in [1.54, 1.807) is 18.2 Å². The normalized spacial score (nSPS) is 16.8. The highest BCUT2D eigenvalue weighted by Crippen LogP contribution is 2.15. The largest absolute Gasteiger partial charge is 0.459 e. The molecule has 3 rings (SSSR count). The summed E-state index contributed by atoms with van der Waals surface area (Å²) >= 11 is 0. The summed E-state index contributed by atoms with van der Waals surface area (Å²) < 4.78 is 18.0. The Labute approximate surface area is 133 Å². The lowest BCUT2D eigenvalue weighted by atomic mass is 10.0. The third kappa shape index (κ3) is 3.77. The van der Waals surface area contributed by atoms with E-state index in [1.807, 2.05) is 6.92 Å². The monoisotopic (exact) mass is 316 g/mol. The van der Waals surface area contributed by atoms with Gasteiger partial charge in [0.05, 0.1) is 18.5 Å². The maximum Gasteiger partial charge on any atom is 0.287 e. The molecule has 2 heterocycles. The molecule has 0 aliphatic carbocycles. The molecule has 1 aliphatic rings. The molecule has 120 valence electrons. The number of aryl methyl sites for hydroxylation is 1. The lowest BCUT2D eigenvalue weighted by molar-refractivity contribution is 0.0739. The molecule has 0 saturated carbocycles. The zero-order valence-electron chi connectivity index (χ0n) is 12.7. The molecule has 0 saturated heterocycles. The van der Waals surface area contributed by atoms with Gasteiger partial charge in [-0.25, -0.2) is 4.39 Å². The number of benzene rings is 1. The molecule has 1 atom stereocenters. The first-order valence-corrected chi connectivity index (χ1v) is 7.40. The zero-order valence-corrected chi connectivity index (χ0v) is 12.7. The van der Waals surface area contributed by atoms with Crippen LogP contribution in [0.3, 0.4) is 0 Å². The third-order valence-electron chi connectivity index (χ3n) is 3.67. The summed E-state index contributed by atoms with van der Waals surface area (Å²) in [6.07, 6.45) is 2.54. The van der Waals surface area contributed by atoms with Gasteiger partial charge in [0.2, 0.25) is 0 Å². The summed E-state index contributed by atoms with van der Waals surface area (Å²) in [5, 5.41) is 6.82. The van der Waals surface area contributed by atoms with Crippen LogP contribution in [0, 0.1) is 12.7 Å². The second kappa shape index (κ2) is 6.64. The summed E-state index contributed by atoms with van der Waals surface area (Å²) in [4.78, 5) is 17.3. The zero-order chi connectivity index (χ0) is 16.2. The van der Waals surface area contributed by atoms with Crippen molar-refractivity contribution in [3.05, 3.63) is 59.3 Å². The minimum atomic E-state index is -0.261. The minimum absolute atomic E-state index is 0.190. The average molecular weight is 316 g/mol. The molecular weight excluding hydrogens is 299 g/mol. The highest BCUT2D eigenvalue weighted by Gasteiger charge is 2.22. The van der Waals surface area contributed by atoms with Crippen molar-refractivity contribution in [3.63, 3.8) is 0 Å². The third-order valence-corrected chi connectivity index (χ3v) is 3.67. The fourth-order valence-corrected chi connectivity index (χ4v) is 2.43. The number of hydrogen-bond acceptors (Lipinski definition) is 4. The van der Waals surface area contributed by atoms with Crippen molar-refractivity contribution < 1.29 is 18.4 Å². The number of amides is 1. The quantitative estimate of drug-likeness (QED) is 0.922. The first-order chi connectivity index (χ1) is 11.1. The maximum absolute atomic E-state index is 12.9. The predicted octanol–water partition coefficient (Wildman–Crippen LogP) is 2.84. The molecule has 1 N–H and O–H groups in total. The molecule has 2 aromatic rings. The maximum atomic E-state index is 12.9. The highest BCUT2D eigenvalue weighted by atomic mass is 19.1. The van der Waals surface area contributed by atoms with E-state index in [0.29, 0.717) is 25.1 Å². The molecule has 5 nitrogen and oxygen atoms in total. The average Bonchev–Trinajstić information content (AvgIpc) is 3.16. The summed E-state index contributed by atoms with van der Waals surface area (Å²) in [6, 6.07) is 8.05. The van der Waals surface area contributed by atoms with Crippen molar-refractivity contribution in [1.82, 2.24) is 5.32 Å². The number of furan rings is 1. The Hall–Kier alpha value is -2.63. The van der Waals surface area contributed by atoms with Gasteiger partial charge in [-0.2, -0.15) is 0 Å². The highest BCUT2D eigenvalue weighted by molar-refractivity contribution is 5.93. The van der Waals surface area contributed by atoms with Crippen LogP contribution in [0.25, 0.3) is 0 Å². The van der Waals surface area contributed by atoms with Crippen molar-refractivity contribution in [2.24, 2.45) is 5.16 Å². The van der Waals surface area contributed by atoms with Gasteiger partial charge in [-0.15, -0.1) is 0 Å². The number of halogens is 1. The number of rotatable bonds is 5. The van der Waals surface area contributed by atoms with E-state index >= 15 is 0 Å². The topological polar surface area (TPSA) is 63.8 Å². The van der Waals surface area contributed by atoms with Crippen molar-refractivity contribution in [1.29, 1.82) is 0 Å². The van der Waals surface area contributed by atoms with Crippen LogP contribution < -0.4 is 5.32 Å². The van der Waals surface area contributed by atoms with Crippen LogP contribution in [0.1, 0.15) is 28.1 Å². The second-order valence-electron chi connectivity index (χ2n) is 5.54. The van der Waals surface area contributed by atoms with Crippen LogP contribution in [0.5, 0.6) is 0 Å². The molecule has 1 unspecified atom stereocenters. The van der Waals surface area contributed by atoms with Gasteiger partial charge in [-0.3, -0.25) is 4.79 Å². The Morgan fingerprint density at radius 2 is 2.13 bits per heavy atom. The van der Waals surface area contributed by atoms with Crippen molar-refractivity contribution >= 4 is 11.6 Å². The fraction of sp³-hybridized carbons (Fsp3) is 0.294. The van der Waals surface area contributed by atoms with Gasteiger partial charge >= 0.3 is 0 Å². The van der Waals surface area contributed by atoms with Gasteiger partial charge in [0, 0.05) is 18.4 Å². The van der Waals surface area contributed by atoms with Gasteiger partial charge in [0.15, 0.2) is 5.76 Å². The van der Waals surface area contributed by atoms with E-state index in [1.165, 1.54) is 18.4 Å². The molecule has 1 aliphatic heterocycles. The number of nitrogens with one attached hydrogen (secondary N) is 1. The molecule has 0 bridgehead atoms. The Balaban J connectivity index is 1.47. The fourth-order valence-electron chi connectivity index (χ4n) is 2.43. The first-order valence-electron chi connectivity index (χ1n) is 7.40. The Bertz CT molecular complexity index is 722. The molecule has 1 aromatic heterocycles. The van der Waals surface area contributed by atoms with E-state index < -0.39 is 0 Å². The van der Waals surface area contributed by atoms with E-state index in [-0.39, 0.29) is 17.8 Å². The van der Waals surface area contributed by atoms with Crippen LogP contribution in [0.2, 0.25) is 0 Å². The molecule has 6 heteroatoms. The smallest absolute Gasteiger partial charge is 0.287 e. The molecule has 1 aromatic carbocycles. The summed E-state index contributed by atoms with van der Waals surface area (Å²) in [7, 11) is 0. The predicted molar refractivity (Wildman–Crippen MR) is 82.8 cm³/mol. The van der Waals surface area contributed by atoms with E-state index in [2.05, 4.69) is 10.5 Å². The molecule has 0 fully saturated rings. The van der Waals surface area contributed by atoms with Crippen LogP contribution in [0.15, 0.2) is 46.2 Å².